The molecule has 0 radical (unpaired) electrons. The van der Waals surface area contributed by atoms with Crippen molar-refractivity contribution in [2.24, 2.45) is 0 Å². The van der Waals surface area contributed by atoms with Crippen LogP contribution in [0.3, 0.4) is 0 Å². The normalized spacial score (nSPS) is 17.8. The molecule has 0 atom stereocenters. The molecule has 0 aliphatic carbocycles. The monoisotopic (exact) mass is 607 g/mol. The molecule has 10 nitrogen and oxygen atoms in total. The fourth-order valence-electron chi connectivity index (χ4n) is 5.00. The maximum Gasteiger partial charge on any atom is 0.490 e. The zero-order valence-electron chi connectivity index (χ0n) is 25.0. The highest BCUT2D eigenvalue weighted by atomic mass is 19.4. The number of hydrogen-bond donors (Lipinski definition) is 2. The van der Waals surface area contributed by atoms with Gasteiger partial charge in [-0.2, -0.15) is 13.2 Å². The molecule has 0 saturated carbocycles. The predicted molar refractivity (Wildman–Crippen MR) is 158 cm³/mol. The van der Waals surface area contributed by atoms with Gasteiger partial charge in [0.2, 0.25) is 5.91 Å². The van der Waals surface area contributed by atoms with E-state index in [2.05, 4.69) is 27.2 Å². The predicted octanol–water partition coefficient (Wildman–Crippen LogP) is 4.12. The number of aliphatic carboxylic acids is 1. The molecule has 3 amide bonds. The minimum Gasteiger partial charge on any atom is -0.497 e. The Hall–Kier alpha value is -3.84. The zero-order valence-corrected chi connectivity index (χ0v) is 25.0. The Morgan fingerprint density at radius 3 is 2.09 bits per heavy atom. The highest BCUT2D eigenvalue weighted by Crippen LogP contribution is 2.30. The summed E-state index contributed by atoms with van der Waals surface area (Å²) < 4.78 is 36.9. The van der Waals surface area contributed by atoms with Crippen molar-refractivity contribution in [2.75, 3.05) is 62.7 Å². The third kappa shape index (κ3) is 8.60. The summed E-state index contributed by atoms with van der Waals surface area (Å²) >= 11 is 0. The molecule has 3 saturated heterocycles. The van der Waals surface area contributed by atoms with Crippen LogP contribution in [0, 0.1) is 6.92 Å². The summed E-state index contributed by atoms with van der Waals surface area (Å²) in [7, 11) is 1.62. The number of benzene rings is 2. The Morgan fingerprint density at radius 2 is 1.60 bits per heavy atom. The number of carboxylic acid groups (broad SMARTS) is 1. The minimum absolute atomic E-state index is 0.133. The van der Waals surface area contributed by atoms with E-state index in [9.17, 15) is 22.8 Å². The molecule has 0 unspecified atom stereocenters. The Morgan fingerprint density at radius 1 is 1.00 bits per heavy atom. The van der Waals surface area contributed by atoms with Gasteiger partial charge in [-0.3, -0.25) is 19.5 Å². The summed E-state index contributed by atoms with van der Waals surface area (Å²) in [6.07, 6.45) is -4.76. The second-order valence-electron chi connectivity index (χ2n) is 10.1. The average Bonchev–Trinajstić information content (AvgIpc) is 2.96. The second kappa shape index (κ2) is 15.1. The molecule has 2 N–H and O–H groups in total. The number of alkyl halides is 3. The lowest BCUT2D eigenvalue weighted by molar-refractivity contribution is -0.192. The molecule has 0 aromatic heterocycles. The van der Waals surface area contributed by atoms with Crippen LogP contribution in [0.2, 0.25) is 0 Å². The largest absolute Gasteiger partial charge is 0.497 e. The van der Waals surface area contributed by atoms with Crippen molar-refractivity contribution in [1.29, 1.82) is 0 Å². The van der Waals surface area contributed by atoms with Gasteiger partial charge in [0.25, 0.3) is 0 Å². The minimum atomic E-state index is -5.08. The SMILES string of the molecule is CC.COc1ccc(CN2C(=O)CCN(c3ccc(N4CCN(C5CNC5)CC4)cc3C)C2=O)cc1.O=C(O)C(F)(F)F. The van der Waals surface area contributed by atoms with Gasteiger partial charge in [-0.15, -0.1) is 0 Å². The summed E-state index contributed by atoms with van der Waals surface area (Å²) in [5.74, 6) is -2.14. The number of ether oxygens (including phenoxy) is 1. The number of hydrogen-bond acceptors (Lipinski definition) is 7. The molecule has 2 aromatic carbocycles. The highest BCUT2D eigenvalue weighted by molar-refractivity contribution is 6.06. The van der Waals surface area contributed by atoms with Gasteiger partial charge in [0.1, 0.15) is 5.75 Å². The number of carbonyl (C=O) groups is 3. The van der Waals surface area contributed by atoms with Crippen molar-refractivity contribution in [3.63, 3.8) is 0 Å². The first kappa shape index (κ1) is 33.7. The number of methoxy groups -OCH3 is 1. The van der Waals surface area contributed by atoms with Gasteiger partial charge in [0.05, 0.1) is 13.7 Å². The number of imide groups is 1. The Bertz CT molecular complexity index is 1250. The number of amides is 3. The van der Waals surface area contributed by atoms with E-state index >= 15 is 0 Å². The highest BCUT2D eigenvalue weighted by Gasteiger charge is 2.38. The van der Waals surface area contributed by atoms with Gasteiger partial charge >= 0.3 is 18.2 Å². The zero-order chi connectivity index (χ0) is 31.7. The van der Waals surface area contributed by atoms with E-state index in [1.807, 2.05) is 51.1 Å². The number of piperazine rings is 1. The van der Waals surface area contributed by atoms with E-state index in [1.54, 1.807) is 12.0 Å². The fraction of sp³-hybridized carbons (Fsp3) is 0.500. The smallest absolute Gasteiger partial charge is 0.490 e. The number of urea groups is 1. The molecular formula is C30H40F3N5O5. The van der Waals surface area contributed by atoms with Gasteiger partial charge in [0, 0.05) is 69.7 Å². The third-order valence-electron chi connectivity index (χ3n) is 7.48. The number of carbonyl (C=O) groups excluding carboxylic acids is 2. The molecule has 2 aromatic rings. The van der Waals surface area contributed by atoms with E-state index < -0.39 is 12.1 Å². The number of nitrogens with one attached hydrogen (secondary N) is 1. The van der Waals surface area contributed by atoms with Crippen LogP contribution in [-0.4, -0.2) is 98.0 Å². The van der Waals surface area contributed by atoms with Crippen LogP contribution in [0.1, 0.15) is 31.4 Å². The van der Waals surface area contributed by atoms with Crippen LogP contribution in [0.25, 0.3) is 0 Å². The number of carboxylic acids is 1. The van der Waals surface area contributed by atoms with Crippen LogP contribution in [-0.2, 0) is 16.1 Å². The third-order valence-corrected chi connectivity index (χ3v) is 7.48. The molecule has 43 heavy (non-hydrogen) atoms. The van der Waals surface area contributed by atoms with E-state index in [0.717, 1.165) is 61.8 Å². The van der Waals surface area contributed by atoms with E-state index in [1.165, 1.54) is 10.6 Å². The van der Waals surface area contributed by atoms with Crippen LogP contribution in [0.15, 0.2) is 42.5 Å². The number of nitrogens with zero attached hydrogens (tertiary/aromatic N) is 4. The van der Waals surface area contributed by atoms with Crippen molar-refractivity contribution in [1.82, 2.24) is 15.1 Å². The summed E-state index contributed by atoms with van der Waals surface area (Å²) in [6.45, 7) is 13.1. The molecule has 0 spiro atoms. The topological polar surface area (TPSA) is 106 Å². The summed E-state index contributed by atoms with van der Waals surface area (Å²) in [6, 6.07) is 14.2. The number of anilines is 2. The molecule has 13 heteroatoms. The molecule has 3 aliphatic heterocycles. The molecule has 3 aliphatic rings. The second-order valence-corrected chi connectivity index (χ2v) is 10.1. The van der Waals surface area contributed by atoms with Crippen molar-refractivity contribution >= 4 is 29.3 Å². The Labute approximate surface area is 250 Å². The number of halogens is 3. The van der Waals surface area contributed by atoms with Crippen molar-refractivity contribution in [3.05, 3.63) is 53.6 Å². The lowest BCUT2D eigenvalue weighted by Crippen LogP contribution is -2.61. The first-order valence-corrected chi connectivity index (χ1v) is 14.3. The van der Waals surface area contributed by atoms with E-state index in [-0.39, 0.29) is 18.5 Å². The lowest BCUT2D eigenvalue weighted by atomic mass is 10.1. The maximum atomic E-state index is 13.3. The fourth-order valence-corrected chi connectivity index (χ4v) is 5.00. The average molecular weight is 608 g/mol. The molecule has 5 rings (SSSR count). The van der Waals surface area contributed by atoms with Crippen molar-refractivity contribution in [2.45, 2.75) is 46.0 Å². The van der Waals surface area contributed by atoms with Crippen LogP contribution < -0.4 is 19.9 Å². The quantitative estimate of drug-likeness (QED) is 0.506. The van der Waals surface area contributed by atoms with Crippen LogP contribution in [0.4, 0.5) is 29.3 Å². The van der Waals surface area contributed by atoms with Gasteiger partial charge in [-0.05, 0) is 48.4 Å². The summed E-state index contributed by atoms with van der Waals surface area (Å²) in [5, 5.41) is 10.5. The number of rotatable bonds is 6. The standard InChI is InChI=1S/C26H33N5O3.C2HF3O2.C2H6/c1-19-15-21(28-11-13-29(14-12-28)22-16-27-17-22)5-8-24(19)30-10-9-25(32)31(26(30)33)18-20-3-6-23(34-2)7-4-20;3-2(4,5)1(6)7;1-2/h3-8,15,22,27H,9-14,16-18H2,1-2H3;(H,6,7);1-2H3. The van der Waals surface area contributed by atoms with Gasteiger partial charge < -0.3 is 20.1 Å². The maximum absolute atomic E-state index is 13.3. The number of aryl methyl sites for hydroxylation is 1. The van der Waals surface area contributed by atoms with Gasteiger partial charge in [-0.25, -0.2) is 9.59 Å². The van der Waals surface area contributed by atoms with Crippen molar-refractivity contribution < 1.29 is 37.4 Å². The Kier molecular flexibility index (Phi) is 11.8. The molecule has 236 valence electrons. The van der Waals surface area contributed by atoms with E-state index in [4.69, 9.17) is 14.6 Å². The molecule has 3 heterocycles. The molecule has 3 fully saturated rings. The molecule has 0 bridgehead atoms. The van der Waals surface area contributed by atoms with Crippen LogP contribution in [0.5, 0.6) is 5.75 Å². The summed E-state index contributed by atoms with van der Waals surface area (Å²) in [5.41, 5.74) is 4.02. The first-order chi connectivity index (χ1) is 20.5. The van der Waals surface area contributed by atoms with Crippen LogP contribution >= 0.6 is 0 Å². The molecular weight excluding hydrogens is 567 g/mol. The van der Waals surface area contributed by atoms with Gasteiger partial charge in [-0.1, -0.05) is 26.0 Å². The lowest BCUT2D eigenvalue weighted by Gasteiger charge is -2.44. The van der Waals surface area contributed by atoms with Crippen molar-refractivity contribution in [3.8, 4) is 5.75 Å². The van der Waals surface area contributed by atoms with E-state index in [0.29, 0.717) is 19.0 Å². The first-order valence-electron chi connectivity index (χ1n) is 14.3. The van der Waals surface area contributed by atoms with Gasteiger partial charge in [0.15, 0.2) is 0 Å². The summed E-state index contributed by atoms with van der Waals surface area (Å²) in [4.78, 5) is 42.9. The Balaban J connectivity index is 0.000000496.